The van der Waals surface area contributed by atoms with Gasteiger partial charge in [0.2, 0.25) is 0 Å². The fourth-order valence-corrected chi connectivity index (χ4v) is 32.4. The van der Waals surface area contributed by atoms with E-state index in [0.717, 1.165) is 243 Å². The summed E-state index contributed by atoms with van der Waals surface area (Å²) in [5, 5.41) is 36.9. The Bertz CT molecular complexity index is 6800. The molecule has 2 aliphatic rings. The van der Waals surface area contributed by atoms with Crippen LogP contribution in [-0.4, -0.2) is 29.4 Å². The van der Waals surface area contributed by atoms with Crippen LogP contribution in [0.15, 0.2) is 95.2 Å². The van der Waals surface area contributed by atoms with Gasteiger partial charge in [0.1, 0.15) is 28.7 Å². The Morgan fingerprint density at radius 2 is 0.662 bits per heavy atom. The number of carbonyl (C=O) groups excluding carboxylic acids is 2. The number of benzene rings is 5. The van der Waals surface area contributed by atoms with Gasteiger partial charge in [0.15, 0.2) is 34.8 Å². The molecule has 0 amide bonds. The molecule has 0 aliphatic heterocycles. The average molecular weight is 2080 g/mol. The van der Waals surface area contributed by atoms with Crippen molar-refractivity contribution in [2.75, 3.05) is 0 Å². The van der Waals surface area contributed by atoms with Crippen LogP contribution in [0.1, 0.15) is 415 Å². The highest BCUT2D eigenvalue weighted by Gasteiger charge is 2.40. The van der Waals surface area contributed by atoms with Crippen molar-refractivity contribution in [3.63, 3.8) is 0 Å². The molecule has 0 fully saturated rings. The third-order valence-corrected chi connectivity index (χ3v) is 39.0. The van der Waals surface area contributed by atoms with Gasteiger partial charge in [0.05, 0.1) is 74.6 Å². The fraction of sp³-hybridized carbons (Fsp3) is 0.516. The Morgan fingerprint density at radius 3 is 0.986 bits per heavy atom. The van der Waals surface area contributed by atoms with Gasteiger partial charge in [-0.2, -0.15) is 19.3 Å². The highest BCUT2D eigenvalue weighted by Crippen LogP contribution is 2.60. The van der Waals surface area contributed by atoms with Crippen molar-refractivity contribution in [2.24, 2.45) is 23.7 Å². The monoisotopic (exact) mass is 2080 g/mol. The number of unbranched alkanes of at least 4 members (excludes halogenated alkanes) is 32. The highest BCUT2D eigenvalue weighted by molar-refractivity contribution is 7.36. The molecule has 4 atom stereocenters. The quantitative estimate of drug-likeness (QED) is 0.0121. The number of rotatable bonds is 60. The molecule has 0 radical (unpaired) electrons. The number of nitriles is 3. The minimum absolute atomic E-state index is 0.179. The maximum atomic E-state index is 15.9. The van der Waals surface area contributed by atoms with Gasteiger partial charge < -0.3 is 9.13 Å². The van der Waals surface area contributed by atoms with E-state index in [-0.39, 0.29) is 56.5 Å². The van der Waals surface area contributed by atoms with E-state index in [4.69, 9.17) is 15.3 Å². The first-order valence-electron chi connectivity index (χ1n) is 55.7. The van der Waals surface area contributed by atoms with E-state index < -0.39 is 34.8 Å². The Labute approximate surface area is 885 Å². The molecule has 145 heavy (non-hydrogen) atoms. The molecule has 0 spiro atoms. The number of nitrogens with zero attached hydrogens (tertiary/aromatic N) is 8. The smallest absolute Gasteiger partial charge is 0.270 e. The first-order chi connectivity index (χ1) is 71.0. The van der Waals surface area contributed by atoms with Crippen LogP contribution in [0.4, 0.5) is 17.6 Å². The van der Waals surface area contributed by atoms with Crippen LogP contribution in [0, 0.1) is 87.5 Å². The molecular weight excluding hydrogens is 1930 g/mol. The molecule has 2 aliphatic carbocycles. The zero-order valence-electron chi connectivity index (χ0n) is 86.9. The standard InChI is InChI=1S/C124H146F4N8O2S7/c1-10-18-26-34-38-46-52-79(50-42-30-22-14-5)62-88-58-60-101(139-88)107-103(72-94-105(87(74-129)75-130)90-64-83-68-96(125)98(127)70-85(83)66-92(90)117(94)137)141-123-115-119(143-121(107)123)109-111-112(134-145-133-111)110-114(113(109)135(115)77-81(54-44-32-24-16-7)56-48-40-36-28-20-12-3)136(78-82(55-45-33-25-17-8)57-49-41-37-29-21-13-4)116-120(110)144-122-108(102-61-59-89(140-102)63-80(51-43-31-23-15-6)53-47-39-35-27-19-11-2)104(142-124(116)122)73-95-106(100(76-131)132-9)91-65-84-69-97(126)99(128)71-86(84)67-93(91)118(95)138/h58-61,64-73,79-82H,10-57,62-63,77-78H2,1-8H3/b94-72-,95-73-,106-100-. The van der Waals surface area contributed by atoms with Crippen LogP contribution in [0.2, 0.25) is 0 Å². The largest absolute Gasteiger partial charge is 0.337 e. The van der Waals surface area contributed by atoms with Gasteiger partial charge in [-0.25, -0.2) is 27.7 Å². The minimum Gasteiger partial charge on any atom is -0.337 e. The Balaban J connectivity index is 1.00. The Hall–Kier alpha value is -9.26. The molecular formula is C124H146F4N8O2S7. The molecule has 9 heterocycles. The molecule has 9 aromatic heterocycles. The van der Waals surface area contributed by atoms with Gasteiger partial charge in [-0.3, -0.25) is 9.59 Å². The summed E-state index contributed by atoms with van der Waals surface area (Å²) in [4.78, 5) is 42.2. The lowest BCUT2D eigenvalue weighted by atomic mass is 9.91. The fourth-order valence-electron chi connectivity index (χ4n) is 23.4. The molecule has 0 bridgehead atoms. The predicted molar refractivity (Wildman–Crippen MR) is 615 cm³/mol. The summed E-state index contributed by atoms with van der Waals surface area (Å²) in [6, 6.07) is 26.8. The predicted octanol–water partition coefficient (Wildman–Crippen LogP) is 41.7. The maximum Gasteiger partial charge on any atom is 0.270 e. The third-order valence-electron chi connectivity index (χ3n) is 31.2. The van der Waals surface area contributed by atoms with Gasteiger partial charge in [-0.05, 0) is 180 Å². The van der Waals surface area contributed by atoms with E-state index in [2.05, 4.69) is 112 Å². The van der Waals surface area contributed by atoms with Crippen molar-refractivity contribution in [3.8, 4) is 39.1 Å². The number of fused-ring (bicyclic) bond motifs is 18. The van der Waals surface area contributed by atoms with Crippen molar-refractivity contribution in [3.05, 3.63) is 172 Å². The second-order valence-electron chi connectivity index (χ2n) is 41.9. The number of thiophene rings is 6. The molecule has 764 valence electrons. The van der Waals surface area contributed by atoms with Gasteiger partial charge >= 0.3 is 0 Å². The second kappa shape index (κ2) is 52.8. The third kappa shape index (κ3) is 24.6. The lowest BCUT2D eigenvalue weighted by molar-refractivity contribution is 0.103. The van der Waals surface area contributed by atoms with E-state index in [1.54, 1.807) is 46.9 Å². The summed E-state index contributed by atoms with van der Waals surface area (Å²) < 4.78 is 85.0. The Kier molecular flexibility index (Phi) is 39.5. The summed E-state index contributed by atoms with van der Waals surface area (Å²) in [6.07, 6.45) is 62.3. The second-order valence-corrected chi connectivity index (χ2v) is 48.9. The molecule has 0 saturated carbocycles. The zero-order valence-corrected chi connectivity index (χ0v) is 92.6. The number of aromatic nitrogens is 4. The van der Waals surface area contributed by atoms with Gasteiger partial charge in [0, 0.05) is 97.7 Å². The van der Waals surface area contributed by atoms with Crippen molar-refractivity contribution < 1.29 is 27.2 Å². The van der Waals surface area contributed by atoms with Gasteiger partial charge in [-0.1, -0.05) is 338 Å². The van der Waals surface area contributed by atoms with Crippen LogP contribution in [-0.2, 0) is 25.9 Å². The molecule has 16 rings (SSSR count). The van der Waals surface area contributed by atoms with E-state index in [9.17, 15) is 15.8 Å². The molecule has 5 aromatic carbocycles. The number of carbonyl (C=O) groups is 2. The summed E-state index contributed by atoms with van der Waals surface area (Å²) in [5.74, 6) is -3.41. The summed E-state index contributed by atoms with van der Waals surface area (Å²) in [6.45, 7) is 28.4. The zero-order chi connectivity index (χ0) is 102. The first-order valence-corrected chi connectivity index (χ1v) is 61.3. The van der Waals surface area contributed by atoms with Crippen LogP contribution in [0.5, 0.6) is 0 Å². The molecule has 21 heteroatoms. The average Bonchev–Trinajstić information content (AvgIpc) is 1.50. The van der Waals surface area contributed by atoms with Crippen LogP contribution >= 0.6 is 79.7 Å². The number of Topliss-reactive ketones (excluding diaryl/α,β-unsaturated/α-hetero) is 2. The van der Waals surface area contributed by atoms with E-state index >= 15 is 27.2 Å². The molecule has 14 aromatic rings. The van der Waals surface area contributed by atoms with Crippen molar-refractivity contribution in [1.29, 1.82) is 15.8 Å². The minimum atomic E-state index is -1.04. The van der Waals surface area contributed by atoms with E-state index in [1.807, 2.05) is 57.5 Å². The lowest BCUT2D eigenvalue weighted by Gasteiger charge is -2.22. The van der Waals surface area contributed by atoms with E-state index in [0.29, 0.717) is 57.6 Å². The maximum absolute atomic E-state index is 15.9. The number of allylic oxidation sites excluding steroid dienone is 6. The summed E-state index contributed by atoms with van der Waals surface area (Å²) >= 11 is 11.9. The number of halogens is 4. The SMILES string of the molecule is [C-]#[N+]/C(C#N)=C1\C(=C\c2sc3c(sc4c5c6nsnc6c6c7sc8c(-c9ccc(CC(CCCCCC)CCCCCCCC)s9)c(/C=C9\C(=O)c%10cc%11cc(F)c(F)cc%11cc%10C9=C(C#N)C#N)sc8c7n(CC(CCCCCC)CCCCCCCC)c6c5n(CC(CCCCCC)CCCCCCCC)c34)c2-c2ccc(CC(CCCCCC)CCCCCCCC)s2)C(=O)c2cc3cc(F)c(F)cc3cc21. The molecule has 4 unspecified atom stereocenters. The lowest BCUT2D eigenvalue weighted by Crippen LogP contribution is -2.14. The van der Waals surface area contributed by atoms with Crippen molar-refractivity contribution in [1.82, 2.24) is 17.9 Å². The molecule has 10 nitrogen and oxygen atoms in total. The first kappa shape index (κ1) is 108. The summed E-state index contributed by atoms with van der Waals surface area (Å²) in [5.41, 5.74) is 9.56. The molecule has 0 saturated heterocycles. The van der Waals surface area contributed by atoms with Gasteiger partial charge in [0.25, 0.3) is 5.70 Å². The van der Waals surface area contributed by atoms with Crippen LogP contribution in [0.3, 0.4) is 0 Å². The van der Waals surface area contributed by atoms with Crippen molar-refractivity contribution in [2.45, 2.75) is 390 Å². The van der Waals surface area contributed by atoms with Crippen molar-refractivity contribution >= 4 is 208 Å². The van der Waals surface area contributed by atoms with Crippen LogP contribution < -0.4 is 0 Å². The number of ketones is 2. The Morgan fingerprint density at radius 1 is 0.359 bits per heavy atom. The van der Waals surface area contributed by atoms with Gasteiger partial charge in [-0.15, -0.1) is 68.0 Å². The summed E-state index contributed by atoms with van der Waals surface area (Å²) in [7, 11) is 0. The van der Waals surface area contributed by atoms with E-state index in [1.165, 1.54) is 227 Å². The highest BCUT2D eigenvalue weighted by atomic mass is 32.1. The number of hydrogen-bond acceptors (Lipinski definition) is 14. The number of hydrogen-bond donors (Lipinski definition) is 0. The normalized spacial score (nSPS) is 14.7. The van der Waals surface area contributed by atoms with Crippen LogP contribution in [0.25, 0.3) is 143 Å². The topological polar surface area (TPSA) is 146 Å². The molecule has 0 N–H and O–H groups in total.